The fourth-order valence-electron chi connectivity index (χ4n) is 5.44. The molecule has 4 atom stereocenters. The van der Waals surface area contributed by atoms with Crippen molar-refractivity contribution in [2.75, 3.05) is 5.75 Å². The molecule has 0 bridgehead atoms. The molecular weight excluding hydrogens is 494 g/mol. The van der Waals surface area contributed by atoms with E-state index in [1.54, 1.807) is 0 Å². The maximum Gasteiger partial charge on any atom is 0.316 e. The van der Waals surface area contributed by atoms with Crippen LogP contribution in [0.25, 0.3) is 0 Å². The predicted octanol–water partition coefficient (Wildman–Crippen LogP) is 7.90. The maximum atomic E-state index is 12.9. The van der Waals surface area contributed by atoms with E-state index in [0.29, 0.717) is 30.3 Å². The smallest absolute Gasteiger partial charge is 0.316 e. The van der Waals surface area contributed by atoms with Crippen molar-refractivity contribution >= 4 is 17.7 Å². The van der Waals surface area contributed by atoms with E-state index in [1.165, 1.54) is 30.2 Å². The second kappa shape index (κ2) is 14.9. The Morgan fingerprint density at radius 1 is 1.08 bits per heavy atom. The monoisotopic (exact) mass is 543 g/mol. The molecule has 1 aromatic carbocycles. The molecule has 1 aliphatic carbocycles. The van der Waals surface area contributed by atoms with Gasteiger partial charge in [-0.2, -0.15) is 0 Å². The Bertz CT molecular complexity index is 989. The molecule has 0 amide bonds. The van der Waals surface area contributed by atoms with Crippen LogP contribution in [-0.4, -0.2) is 32.6 Å². The molecule has 0 unspecified atom stereocenters. The lowest BCUT2D eigenvalue weighted by atomic mass is 9.75. The molecule has 0 N–H and O–H groups in total. The highest BCUT2D eigenvalue weighted by Crippen LogP contribution is 2.36. The minimum absolute atomic E-state index is 0.0164. The zero-order chi connectivity index (χ0) is 27.7. The number of ether oxygens (including phenoxy) is 2. The van der Waals surface area contributed by atoms with E-state index < -0.39 is 0 Å². The first-order chi connectivity index (χ1) is 18.2. The Morgan fingerprint density at radius 3 is 2.47 bits per heavy atom. The number of hydrogen-bond acceptors (Lipinski definition) is 6. The van der Waals surface area contributed by atoms with Crippen molar-refractivity contribution in [2.45, 2.75) is 117 Å². The number of aromatic nitrogens is 3. The average Bonchev–Trinajstić information content (AvgIpc) is 3.29. The van der Waals surface area contributed by atoms with Crippen molar-refractivity contribution < 1.29 is 14.3 Å². The number of rotatable bonds is 14. The fraction of sp³-hybridized carbons (Fsp3) is 0.710. The van der Waals surface area contributed by atoms with E-state index in [1.807, 2.05) is 12.1 Å². The highest BCUT2D eigenvalue weighted by atomic mass is 32.2. The highest BCUT2D eigenvalue weighted by Gasteiger charge is 2.33. The molecule has 3 rings (SSSR count). The normalized spacial score (nSPS) is 20.6. The van der Waals surface area contributed by atoms with Crippen LogP contribution in [0, 0.1) is 23.7 Å². The van der Waals surface area contributed by atoms with Crippen molar-refractivity contribution in [1.29, 1.82) is 0 Å². The average molecular weight is 544 g/mol. The molecule has 0 spiro atoms. The third kappa shape index (κ3) is 9.03. The number of hydrogen-bond donors (Lipinski definition) is 0. The molecule has 2 aromatic rings. The van der Waals surface area contributed by atoms with Crippen LogP contribution in [-0.2, 0) is 22.6 Å². The number of esters is 1. The fourth-order valence-corrected chi connectivity index (χ4v) is 6.28. The van der Waals surface area contributed by atoms with Gasteiger partial charge in [0, 0.05) is 6.04 Å². The molecular formula is C31H49N3O3S. The third-order valence-corrected chi connectivity index (χ3v) is 8.76. The van der Waals surface area contributed by atoms with Gasteiger partial charge in [0.25, 0.3) is 0 Å². The van der Waals surface area contributed by atoms with Crippen LogP contribution in [0.3, 0.4) is 0 Å². The van der Waals surface area contributed by atoms with E-state index in [2.05, 4.69) is 75.4 Å². The van der Waals surface area contributed by atoms with Gasteiger partial charge in [-0.25, -0.2) is 0 Å². The van der Waals surface area contributed by atoms with E-state index in [0.717, 1.165) is 48.8 Å². The first kappa shape index (κ1) is 30.5. The van der Waals surface area contributed by atoms with Gasteiger partial charge in [0.1, 0.15) is 18.5 Å². The first-order valence-electron chi connectivity index (χ1n) is 14.7. The van der Waals surface area contributed by atoms with E-state index in [-0.39, 0.29) is 23.9 Å². The van der Waals surface area contributed by atoms with Gasteiger partial charge in [-0.1, -0.05) is 84.7 Å². The first-order valence-corrected chi connectivity index (χ1v) is 15.6. The van der Waals surface area contributed by atoms with Gasteiger partial charge >= 0.3 is 5.97 Å². The Hall–Kier alpha value is -2.02. The highest BCUT2D eigenvalue weighted by molar-refractivity contribution is 7.99. The summed E-state index contributed by atoms with van der Waals surface area (Å²) in [5.41, 5.74) is 1.28. The van der Waals surface area contributed by atoms with Crippen LogP contribution in [0.5, 0.6) is 5.75 Å². The van der Waals surface area contributed by atoms with Gasteiger partial charge in [-0.05, 0) is 74.0 Å². The number of aryl methyl sites for hydroxylation is 1. The molecule has 38 heavy (non-hydrogen) atoms. The van der Waals surface area contributed by atoms with Crippen molar-refractivity contribution in [2.24, 2.45) is 23.7 Å². The molecule has 6 nitrogen and oxygen atoms in total. The Morgan fingerprint density at radius 2 is 1.82 bits per heavy atom. The summed E-state index contributed by atoms with van der Waals surface area (Å²) in [4.78, 5) is 12.9. The summed E-state index contributed by atoms with van der Waals surface area (Å²) in [7, 11) is 0. The zero-order valence-electron chi connectivity index (χ0n) is 24.6. The zero-order valence-corrected chi connectivity index (χ0v) is 25.4. The summed E-state index contributed by atoms with van der Waals surface area (Å²) in [5, 5.41) is 9.73. The Balaban J connectivity index is 1.67. The molecule has 1 heterocycles. The molecule has 1 fully saturated rings. The quantitative estimate of drug-likeness (QED) is 0.178. The number of carbonyl (C=O) groups excluding carboxylic acids is 1. The number of nitrogens with zero attached hydrogens (tertiary/aromatic N) is 3. The summed E-state index contributed by atoms with van der Waals surface area (Å²) in [5.74, 6) is 3.94. The van der Waals surface area contributed by atoms with Gasteiger partial charge in [-0.15, -0.1) is 10.2 Å². The van der Waals surface area contributed by atoms with E-state index in [4.69, 9.17) is 9.47 Å². The van der Waals surface area contributed by atoms with Crippen LogP contribution < -0.4 is 4.74 Å². The lowest BCUT2D eigenvalue weighted by molar-refractivity contribution is -0.152. The van der Waals surface area contributed by atoms with Crippen molar-refractivity contribution in [3.8, 4) is 5.75 Å². The SMILES string of the molecule is CCc1ccc(OCc2nnc(SCC(=O)O[C@@H]3C[C@H](C)CC[C@H]3C(C)C)n2[C@H](C)CCCC(C)C)cc1. The van der Waals surface area contributed by atoms with E-state index in [9.17, 15) is 4.79 Å². The molecule has 1 aliphatic rings. The van der Waals surface area contributed by atoms with Crippen LogP contribution in [0.15, 0.2) is 29.4 Å². The molecule has 0 aliphatic heterocycles. The van der Waals surface area contributed by atoms with E-state index >= 15 is 0 Å². The van der Waals surface area contributed by atoms with Crippen LogP contribution >= 0.6 is 11.8 Å². The molecule has 1 aromatic heterocycles. The van der Waals surface area contributed by atoms with Crippen LogP contribution in [0.2, 0.25) is 0 Å². The van der Waals surface area contributed by atoms with Gasteiger partial charge < -0.3 is 14.0 Å². The van der Waals surface area contributed by atoms with Gasteiger partial charge in [0.15, 0.2) is 11.0 Å². The second-order valence-corrected chi connectivity index (χ2v) is 12.8. The Labute approximate surface area is 234 Å². The molecule has 0 radical (unpaired) electrons. The van der Waals surface area contributed by atoms with Crippen molar-refractivity contribution in [3.05, 3.63) is 35.7 Å². The molecule has 1 saturated carbocycles. The number of thioether (sulfide) groups is 1. The number of carbonyl (C=O) groups is 1. The number of benzene rings is 1. The summed E-state index contributed by atoms with van der Waals surface area (Å²) in [6.45, 7) is 16.0. The van der Waals surface area contributed by atoms with Crippen LogP contribution in [0.1, 0.15) is 104 Å². The summed E-state index contributed by atoms with van der Waals surface area (Å²) >= 11 is 1.43. The molecule has 212 valence electrons. The Kier molecular flexibility index (Phi) is 12.0. The lowest BCUT2D eigenvalue weighted by Gasteiger charge is -2.36. The topological polar surface area (TPSA) is 66.2 Å². The largest absolute Gasteiger partial charge is 0.486 e. The summed E-state index contributed by atoms with van der Waals surface area (Å²) in [6.07, 6.45) is 7.69. The second-order valence-electron chi connectivity index (χ2n) is 11.9. The van der Waals surface area contributed by atoms with Crippen molar-refractivity contribution in [3.63, 3.8) is 0 Å². The summed E-state index contributed by atoms with van der Waals surface area (Å²) in [6, 6.07) is 8.42. The molecule has 7 heteroatoms. The van der Waals surface area contributed by atoms with Gasteiger partial charge in [-0.3, -0.25) is 4.79 Å². The van der Waals surface area contributed by atoms with Crippen LogP contribution in [0.4, 0.5) is 0 Å². The minimum atomic E-state index is -0.157. The van der Waals surface area contributed by atoms with Gasteiger partial charge in [0.05, 0.1) is 5.75 Å². The lowest BCUT2D eigenvalue weighted by Crippen LogP contribution is -2.36. The third-order valence-electron chi connectivity index (χ3n) is 7.84. The van der Waals surface area contributed by atoms with Gasteiger partial charge in [0.2, 0.25) is 0 Å². The van der Waals surface area contributed by atoms with Crippen molar-refractivity contribution in [1.82, 2.24) is 14.8 Å². The molecule has 0 saturated heterocycles. The standard InChI is InChI=1S/C31H49N3O3S/c1-8-25-13-15-26(16-14-25)36-19-29-32-33-31(34(29)24(7)11-9-10-21(2)3)38-20-30(35)37-28-18-23(6)12-17-27(28)22(4)5/h13-16,21-24,27-28H,8-12,17-20H2,1-7H3/t23-,24-,27+,28-/m1/s1. The minimum Gasteiger partial charge on any atom is -0.486 e. The summed E-state index contributed by atoms with van der Waals surface area (Å²) < 4.78 is 14.3. The predicted molar refractivity (Wildman–Crippen MR) is 156 cm³/mol. The maximum absolute atomic E-state index is 12.9.